The number of benzene rings is 2. The lowest BCUT2D eigenvalue weighted by molar-refractivity contribution is 0.0705. The fourth-order valence-corrected chi connectivity index (χ4v) is 3.65. The summed E-state index contributed by atoms with van der Waals surface area (Å²) in [6.45, 7) is 2.53. The molecule has 4 rings (SSSR count). The first kappa shape index (κ1) is 19.0. The lowest BCUT2D eigenvalue weighted by Crippen LogP contribution is -2.45. The van der Waals surface area contributed by atoms with E-state index >= 15 is 0 Å². The van der Waals surface area contributed by atoms with Gasteiger partial charge in [-0.25, -0.2) is 13.2 Å². The Labute approximate surface area is 162 Å². The molecule has 0 unspecified atom stereocenters. The standard InChI is InChI=1S/C22H23F3N2O/c23-19-11-17(12-20(24)21(19)25)15-3-5-16(6-4-15)22(28)27-9-7-18(8-10-27)26-13-14-1-2-14/h3-6,11-12,14,18,26H,1-2,7-10,13H2. The van der Waals surface area contributed by atoms with Crippen LogP contribution in [0.15, 0.2) is 36.4 Å². The van der Waals surface area contributed by atoms with E-state index in [0.717, 1.165) is 50.5 Å². The first-order valence-electron chi connectivity index (χ1n) is 9.79. The molecule has 6 heteroatoms. The van der Waals surface area contributed by atoms with E-state index in [1.807, 2.05) is 4.90 Å². The lowest BCUT2D eigenvalue weighted by Gasteiger charge is -2.32. The number of halogens is 3. The average Bonchev–Trinajstić information content (AvgIpc) is 3.55. The van der Waals surface area contributed by atoms with Crippen LogP contribution in [0.2, 0.25) is 0 Å². The number of hydrogen-bond acceptors (Lipinski definition) is 2. The average molecular weight is 388 g/mol. The monoisotopic (exact) mass is 388 g/mol. The third-order valence-electron chi connectivity index (χ3n) is 5.62. The molecule has 1 aliphatic heterocycles. The van der Waals surface area contributed by atoms with Gasteiger partial charge >= 0.3 is 0 Å². The molecule has 1 aliphatic carbocycles. The molecule has 0 atom stereocenters. The zero-order valence-electron chi connectivity index (χ0n) is 15.6. The Bertz CT molecular complexity index is 834. The van der Waals surface area contributed by atoms with E-state index in [0.29, 0.717) is 17.2 Å². The Morgan fingerprint density at radius 1 is 0.929 bits per heavy atom. The summed E-state index contributed by atoms with van der Waals surface area (Å²) in [6.07, 6.45) is 4.56. The first-order valence-corrected chi connectivity index (χ1v) is 9.79. The van der Waals surface area contributed by atoms with Gasteiger partial charge in [0.25, 0.3) is 5.91 Å². The molecule has 2 aromatic rings. The van der Waals surface area contributed by atoms with E-state index in [1.54, 1.807) is 24.3 Å². The fraction of sp³-hybridized carbons (Fsp3) is 0.409. The molecule has 2 aromatic carbocycles. The third-order valence-corrected chi connectivity index (χ3v) is 5.62. The summed E-state index contributed by atoms with van der Waals surface area (Å²) in [5, 5.41) is 3.60. The minimum Gasteiger partial charge on any atom is -0.339 e. The van der Waals surface area contributed by atoms with Crippen molar-refractivity contribution in [2.75, 3.05) is 19.6 Å². The van der Waals surface area contributed by atoms with Crippen LogP contribution in [0.1, 0.15) is 36.0 Å². The Hall–Kier alpha value is -2.34. The van der Waals surface area contributed by atoms with Crippen molar-refractivity contribution in [3.8, 4) is 11.1 Å². The summed E-state index contributed by atoms with van der Waals surface area (Å²) in [4.78, 5) is 14.6. The van der Waals surface area contributed by atoms with E-state index in [4.69, 9.17) is 0 Å². The molecule has 2 fully saturated rings. The Morgan fingerprint density at radius 3 is 2.11 bits per heavy atom. The van der Waals surface area contributed by atoms with E-state index in [-0.39, 0.29) is 11.5 Å². The predicted octanol–water partition coefficient (Wildman–Crippen LogP) is 4.38. The number of rotatable bonds is 5. The topological polar surface area (TPSA) is 32.3 Å². The van der Waals surface area contributed by atoms with E-state index in [1.165, 1.54) is 12.8 Å². The second-order valence-corrected chi connectivity index (χ2v) is 7.75. The molecular weight excluding hydrogens is 365 g/mol. The van der Waals surface area contributed by atoms with Gasteiger partial charge in [-0.1, -0.05) is 12.1 Å². The highest BCUT2D eigenvalue weighted by Crippen LogP contribution is 2.28. The minimum atomic E-state index is -1.48. The van der Waals surface area contributed by atoms with Crippen molar-refractivity contribution in [2.45, 2.75) is 31.7 Å². The van der Waals surface area contributed by atoms with Crippen LogP contribution < -0.4 is 5.32 Å². The number of nitrogens with zero attached hydrogens (tertiary/aromatic N) is 1. The number of amides is 1. The quantitative estimate of drug-likeness (QED) is 0.772. The van der Waals surface area contributed by atoms with Gasteiger partial charge in [0.2, 0.25) is 0 Å². The molecular formula is C22H23F3N2O. The minimum absolute atomic E-state index is 0.0383. The third kappa shape index (κ3) is 4.22. The van der Waals surface area contributed by atoms with Gasteiger partial charge in [-0.05, 0) is 73.5 Å². The van der Waals surface area contributed by atoms with Gasteiger partial charge in [-0.2, -0.15) is 0 Å². The maximum absolute atomic E-state index is 13.4. The molecule has 3 nitrogen and oxygen atoms in total. The number of hydrogen-bond donors (Lipinski definition) is 1. The maximum Gasteiger partial charge on any atom is 0.253 e. The summed E-state index contributed by atoms with van der Waals surface area (Å²) >= 11 is 0. The van der Waals surface area contributed by atoms with Crippen molar-refractivity contribution in [1.29, 1.82) is 0 Å². The van der Waals surface area contributed by atoms with Crippen LogP contribution in [-0.2, 0) is 0 Å². The molecule has 2 aliphatic rings. The predicted molar refractivity (Wildman–Crippen MR) is 101 cm³/mol. The highest BCUT2D eigenvalue weighted by atomic mass is 19.2. The molecule has 1 amide bonds. The fourth-order valence-electron chi connectivity index (χ4n) is 3.65. The lowest BCUT2D eigenvalue weighted by atomic mass is 10.0. The Kier molecular flexibility index (Phi) is 5.40. The molecule has 0 spiro atoms. The van der Waals surface area contributed by atoms with Gasteiger partial charge in [0, 0.05) is 24.7 Å². The van der Waals surface area contributed by atoms with Crippen LogP contribution in [0.5, 0.6) is 0 Å². The first-order chi connectivity index (χ1) is 13.5. The van der Waals surface area contributed by atoms with Crippen molar-refractivity contribution < 1.29 is 18.0 Å². The van der Waals surface area contributed by atoms with E-state index < -0.39 is 17.5 Å². The summed E-state index contributed by atoms with van der Waals surface area (Å²) in [7, 11) is 0. The SMILES string of the molecule is O=C(c1ccc(-c2cc(F)c(F)c(F)c2)cc1)N1CCC(NCC2CC2)CC1. The van der Waals surface area contributed by atoms with Crippen molar-refractivity contribution in [2.24, 2.45) is 5.92 Å². The molecule has 0 bridgehead atoms. The Balaban J connectivity index is 1.38. The number of piperidine rings is 1. The zero-order chi connectivity index (χ0) is 19.7. The van der Waals surface area contributed by atoms with Crippen LogP contribution in [0.25, 0.3) is 11.1 Å². The molecule has 1 heterocycles. The second-order valence-electron chi connectivity index (χ2n) is 7.75. The maximum atomic E-state index is 13.4. The number of nitrogens with one attached hydrogen (secondary N) is 1. The van der Waals surface area contributed by atoms with Crippen molar-refractivity contribution in [3.63, 3.8) is 0 Å². The molecule has 1 saturated heterocycles. The van der Waals surface area contributed by atoms with Crippen LogP contribution >= 0.6 is 0 Å². The normalized spacial score (nSPS) is 17.8. The van der Waals surface area contributed by atoms with E-state index in [9.17, 15) is 18.0 Å². The smallest absolute Gasteiger partial charge is 0.253 e. The molecule has 0 radical (unpaired) electrons. The van der Waals surface area contributed by atoms with Gasteiger partial charge in [0.1, 0.15) is 0 Å². The van der Waals surface area contributed by atoms with Crippen molar-refractivity contribution >= 4 is 5.91 Å². The number of carbonyl (C=O) groups excluding carboxylic acids is 1. The second kappa shape index (κ2) is 7.95. The van der Waals surface area contributed by atoms with Crippen LogP contribution in [-0.4, -0.2) is 36.5 Å². The van der Waals surface area contributed by atoms with Crippen LogP contribution in [0.3, 0.4) is 0 Å². The summed E-state index contributed by atoms with van der Waals surface area (Å²) < 4.78 is 40.0. The number of carbonyl (C=O) groups is 1. The van der Waals surface area contributed by atoms with Crippen LogP contribution in [0.4, 0.5) is 13.2 Å². The highest BCUT2D eigenvalue weighted by molar-refractivity contribution is 5.94. The van der Waals surface area contributed by atoms with Gasteiger partial charge in [-0.15, -0.1) is 0 Å². The highest BCUT2D eigenvalue weighted by Gasteiger charge is 2.26. The summed E-state index contributed by atoms with van der Waals surface area (Å²) in [6, 6.07) is 8.94. The van der Waals surface area contributed by atoms with Gasteiger partial charge < -0.3 is 10.2 Å². The number of likely N-dealkylation sites (tertiary alicyclic amines) is 1. The van der Waals surface area contributed by atoms with Gasteiger partial charge in [-0.3, -0.25) is 4.79 Å². The molecule has 28 heavy (non-hydrogen) atoms. The molecule has 1 saturated carbocycles. The van der Waals surface area contributed by atoms with E-state index in [2.05, 4.69) is 5.32 Å². The van der Waals surface area contributed by atoms with Gasteiger partial charge in [0.05, 0.1) is 0 Å². The van der Waals surface area contributed by atoms with Crippen molar-refractivity contribution in [1.82, 2.24) is 10.2 Å². The molecule has 0 aromatic heterocycles. The largest absolute Gasteiger partial charge is 0.339 e. The van der Waals surface area contributed by atoms with Crippen molar-refractivity contribution in [3.05, 3.63) is 59.4 Å². The van der Waals surface area contributed by atoms with Crippen LogP contribution in [0, 0.1) is 23.4 Å². The Morgan fingerprint density at radius 2 is 1.54 bits per heavy atom. The summed E-state index contributed by atoms with van der Waals surface area (Å²) in [5.41, 5.74) is 1.30. The zero-order valence-corrected chi connectivity index (χ0v) is 15.6. The molecule has 1 N–H and O–H groups in total. The van der Waals surface area contributed by atoms with Gasteiger partial charge in [0.15, 0.2) is 17.5 Å². The molecule has 148 valence electrons. The summed E-state index contributed by atoms with van der Waals surface area (Å²) in [5.74, 6) is -3.13.